The molecule has 0 saturated heterocycles. The molecule has 1 aromatic heterocycles. The van der Waals surface area contributed by atoms with E-state index in [1.165, 1.54) is 6.21 Å². The maximum absolute atomic E-state index is 11.7. The molecular weight excluding hydrogens is 336 g/mol. The van der Waals surface area contributed by atoms with Crippen molar-refractivity contribution in [1.29, 1.82) is 0 Å². The number of fused-ring (bicyclic) bond motifs is 1. The summed E-state index contributed by atoms with van der Waals surface area (Å²) in [5.74, 6) is -0.0399. The highest BCUT2D eigenvalue weighted by Gasteiger charge is 2.10. The molecule has 8 heteroatoms. The fraction of sp³-hybridized carbons (Fsp3) is 0.111. The van der Waals surface area contributed by atoms with Crippen molar-refractivity contribution in [3.63, 3.8) is 0 Å². The monoisotopic (exact) mass is 352 g/mol. The summed E-state index contributed by atoms with van der Waals surface area (Å²) in [6.45, 7) is -0.362. The topological polar surface area (TPSA) is 109 Å². The van der Waals surface area contributed by atoms with E-state index in [9.17, 15) is 9.90 Å². The number of benzene rings is 2. The van der Waals surface area contributed by atoms with E-state index >= 15 is 0 Å². The van der Waals surface area contributed by atoms with Crippen LogP contribution in [0.1, 0.15) is 5.56 Å². The fourth-order valence-corrected chi connectivity index (χ4v) is 2.23. The molecule has 0 fully saturated rings. The van der Waals surface area contributed by atoms with Gasteiger partial charge in [0.05, 0.1) is 18.8 Å². The molecule has 3 aromatic rings. The van der Waals surface area contributed by atoms with E-state index in [4.69, 9.17) is 9.57 Å². The number of nitrogens with one attached hydrogen (secondary N) is 1. The summed E-state index contributed by atoms with van der Waals surface area (Å²) in [5, 5.41) is 21.5. The summed E-state index contributed by atoms with van der Waals surface area (Å²) in [7, 11) is 1.59. The molecule has 0 aliphatic heterocycles. The standard InChI is InChI=1S/C18H16N4O4/c1-25-13-8-6-12(7-9-13)10-19-26-11-16(23)21-22-17-14-4-2-3-5-15(14)20-18(17)24/h2-10,20,24H,11H2,1H3/b19-10+,22-21?. The van der Waals surface area contributed by atoms with Gasteiger partial charge in [0, 0.05) is 5.39 Å². The van der Waals surface area contributed by atoms with E-state index in [0.29, 0.717) is 10.9 Å². The molecule has 0 aliphatic rings. The molecule has 0 radical (unpaired) electrons. The molecule has 2 N–H and O–H groups in total. The number of methoxy groups -OCH3 is 1. The van der Waals surface area contributed by atoms with Crippen molar-refractivity contribution in [2.24, 2.45) is 15.4 Å². The quantitative estimate of drug-likeness (QED) is 0.402. The van der Waals surface area contributed by atoms with Crippen molar-refractivity contribution in [3.8, 4) is 11.6 Å². The molecule has 0 unspecified atom stereocenters. The summed E-state index contributed by atoms with van der Waals surface area (Å²) in [6, 6.07) is 14.3. The van der Waals surface area contributed by atoms with Crippen molar-refractivity contribution in [2.75, 3.05) is 13.7 Å². The third kappa shape index (κ3) is 4.04. The lowest BCUT2D eigenvalue weighted by molar-refractivity contribution is -0.122. The Morgan fingerprint density at radius 2 is 1.96 bits per heavy atom. The molecule has 0 bridgehead atoms. The highest BCUT2D eigenvalue weighted by Crippen LogP contribution is 2.35. The van der Waals surface area contributed by atoms with E-state index in [0.717, 1.165) is 11.3 Å². The Morgan fingerprint density at radius 3 is 2.73 bits per heavy atom. The summed E-state index contributed by atoms with van der Waals surface area (Å²) >= 11 is 0. The van der Waals surface area contributed by atoms with Crippen LogP contribution in [0.5, 0.6) is 11.6 Å². The second-order valence-electron chi connectivity index (χ2n) is 5.24. The van der Waals surface area contributed by atoms with Crippen molar-refractivity contribution in [1.82, 2.24) is 4.98 Å². The highest BCUT2D eigenvalue weighted by atomic mass is 16.6. The fourth-order valence-electron chi connectivity index (χ4n) is 2.23. The van der Waals surface area contributed by atoms with Gasteiger partial charge in [0.1, 0.15) is 5.75 Å². The number of para-hydroxylation sites is 1. The van der Waals surface area contributed by atoms with E-state index < -0.39 is 5.91 Å². The SMILES string of the molecule is COc1ccc(/C=N/OCC(=O)N=Nc2c(O)[nH]c3ccccc23)cc1. The van der Waals surface area contributed by atoms with Crippen LogP contribution in [-0.2, 0) is 9.63 Å². The van der Waals surface area contributed by atoms with Gasteiger partial charge in [0.25, 0.3) is 0 Å². The third-order valence-corrected chi connectivity index (χ3v) is 3.50. The molecule has 0 atom stereocenters. The van der Waals surface area contributed by atoms with Gasteiger partial charge in [0.2, 0.25) is 5.88 Å². The van der Waals surface area contributed by atoms with Crippen molar-refractivity contribution in [3.05, 3.63) is 54.1 Å². The van der Waals surface area contributed by atoms with Gasteiger partial charge in [-0.15, -0.1) is 10.2 Å². The van der Waals surface area contributed by atoms with Crippen LogP contribution in [-0.4, -0.2) is 35.9 Å². The van der Waals surface area contributed by atoms with Crippen LogP contribution in [0.25, 0.3) is 10.9 Å². The van der Waals surface area contributed by atoms with Crippen molar-refractivity contribution >= 4 is 28.7 Å². The number of oxime groups is 1. The summed E-state index contributed by atoms with van der Waals surface area (Å²) in [6.07, 6.45) is 1.47. The van der Waals surface area contributed by atoms with Crippen molar-refractivity contribution < 1.29 is 19.5 Å². The molecule has 3 rings (SSSR count). The zero-order valence-corrected chi connectivity index (χ0v) is 13.9. The summed E-state index contributed by atoms with van der Waals surface area (Å²) in [5.41, 5.74) is 1.70. The third-order valence-electron chi connectivity index (χ3n) is 3.50. The molecular formula is C18H16N4O4. The number of carbonyl (C=O) groups excluding carboxylic acids is 1. The summed E-state index contributed by atoms with van der Waals surface area (Å²) < 4.78 is 5.06. The number of carbonyl (C=O) groups is 1. The predicted molar refractivity (Wildman–Crippen MR) is 96.0 cm³/mol. The lowest BCUT2D eigenvalue weighted by Gasteiger charge is -1.98. The van der Waals surface area contributed by atoms with E-state index in [2.05, 4.69) is 20.4 Å². The van der Waals surface area contributed by atoms with Crippen LogP contribution >= 0.6 is 0 Å². The number of aromatic nitrogens is 1. The Hall–Kier alpha value is -3.68. The largest absolute Gasteiger partial charge is 0.497 e. The molecule has 132 valence electrons. The number of rotatable bonds is 6. The highest BCUT2D eigenvalue weighted by molar-refractivity contribution is 5.94. The van der Waals surface area contributed by atoms with Gasteiger partial charge in [-0.2, -0.15) is 0 Å². The smallest absolute Gasteiger partial charge is 0.304 e. The van der Waals surface area contributed by atoms with Gasteiger partial charge in [-0.3, -0.25) is 4.79 Å². The first-order valence-corrected chi connectivity index (χ1v) is 7.71. The maximum Gasteiger partial charge on any atom is 0.304 e. The molecule has 1 amide bonds. The first-order chi connectivity index (χ1) is 12.7. The average Bonchev–Trinajstić information content (AvgIpc) is 2.99. The minimum atomic E-state index is -0.624. The number of aromatic amines is 1. The molecule has 8 nitrogen and oxygen atoms in total. The number of ether oxygens (including phenoxy) is 1. The first kappa shape index (κ1) is 17.2. The molecule has 0 saturated carbocycles. The number of amides is 1. The Morgan fingerprint density at radius 1 is 1.19 bits per heavy atom. The Kier molecular flexibility index (Phi) is 5.23. The summed E-state index contributed by atoms with van der Waals surface area (Å²) in [4.78, 5) is 19.4. The van der Waals surface area contributed by atoms with Gasteiger partial charge in [-0.05, 0) is 35.9 Å². The zero-order valence-electron chi connectivity index (χ0n) is 13.9. The van der Waals surface area contributed by atoms with Gasteiger partial charge >= 0.3 is 5.91 Å². The minimum Gasteiger partial charge on any atom is -0.497 e. The van der Waals surface area contributed by atoms with Crippen LogP contribution in [0.3, 0.4) is 0 Å². The van der Waals surface area contributed by atoms with E-state index in [1.807, 2.05) is 6.07 Å². The lowest BCUT2D eigenvalue weighted by Crippen LogP contribution is -2.01. The van der Waals surface area contributed by atoms with Gasteiger partial charge < -0.3 is 19.7 Å². The van der Waals surface area contributed by atoms with E-state index in [-0.39, 0.29) is 18.2 Å². The first-order valence-electron chi connectivity index (χ1n) is 7.71. The predicted octanol–water partition coefficient (Wildman–Crippen LogP) is 3.54. The number of hydrogen-bond donors (Lipinski definition) is 2. The number of hydrogen-bond acceptors (Lipinski definition) is 6. The number of azo groups is 1. The second kappa shape index (κ2) is 7.93. The average molecular weight is 352 g/mol. The molecule has 0 aliphatic carbocycles. The number of aromatic hydroxyl groups is 1. The zero-order chi connectivity index (χ0) is 18.4. The second-order valence-corrected chi connectivity index (χ2v) is 5.24. The van der Waals surface area contributed by atoms with Crippen LogP contribution < -0.4 is 4.74 Å². The van der Waals surface area contributed by atoms with Crippen LogP contribution in [0, 0.1) is 0 Å². The van der Waals surface area contributed by atoms with Crippen molar-refractivity contribution in [2.45, 2.75) is 0 Å². The lowest BCUT2D eigenvalue weighted by atomic mass is 10.2. The van der Waals surface area contributed by atoms with Crippen LogP contribution in [0.4, 0.5) is 5.69 Å². The van der Waals surface area contributed by atoms with Gasteiger partial charge in [0.15, 0.2) is 12.3 Å². The minimum absolute atomic E-state index is 0.152. The Labute approximate surface area is 148 Å². The van der Waals surface area contributed by atoms with Gasteiger partial charge in [-0.1, -0.05) is 23.4 Å². The Bertz CT molecular complexity index is 961. The normalized spacial score (nSPS) is 11.4. The maximum atomic E-state index is 11.7. The van der Waals surface area contributed by atoms with Gasteiger partial charge in [-0.25, -0.2) is 0 Å². The molecule has 26 heavy (non-hydrogen) atoms. The molecule has 0 spiro atoms. The van der Waals surface area contributed by atoms with Crippen LogP contribution in [0.2, 0.25) is 0 Å². The molecule has 2 aromatic carbocycles. The van der Waals surface area contributed by atoms with Crippen LogP contribution in [0.15, 0.2) is 63.9 Å². The Balaban J connectivity index is 1.55. The number of H-pyrrole nitrogens is 1. The van der Waals surface area contributed by atoms with E-state index in [1.54, 1.807) is 49.6 Å². The number of nitrogens with zero attached hydrogens (tertiary/aromatic N) is 3. The molecule has 1 heterocycles.